The molecule has 0 atom stereocenters. The van der Waals surface area contributed by atoms with Gasteiger partial charge in [-0.3, -0.25) is 14.6 Å². The second-order valence-corrected chi connectivity index (χ2v) is 5.87. The summed E-state index contributed by atoms with van der Waals surface area (Å²) in [4.78, 5) is 26.4. The van der Waals surface area contributed by atoms with Crippen LogP contribution in [-0.4, -0.2) is 33.5 Å². The molecule has 20 heavy (non-hydrogen) atoms. The summed E-state index contributed by atoms with van der Waals surface area (Å²) >= 11 is 4.40. The first-order valence-electron chi connectivity index (χ1n) is 5.70. The molecule has 2 rings (SSSR count). The maximum Gasteiger partial charge on any atom is 0.313 e. The van der Waals surface area contributed by atoms with E-state index in [4.69, 9.17) is 5.11 Å². The number of hydrogen-bond donors (Lipinski definition) is 2. The van der Waals surface area contributed by atoms with E-state index in [2.05, 4.69) is 26.2 Å². The lowest BCUT2D eigenvalue weighted by Gasteiger charge is -2.07. The number of nitrogens with zero attached hydrogens (tertiary/aromatic N) is 1. The number of carbonyl (C=O) groups is 2. The molecule has 0 aliphatic rings. The maximum absolute atomic E-state index is 11.7. The highest BCUT2D eigenvalue weighted by molar-refractivity contribution is 9.10. The molecule has 0 fully saturated rings. The molecular formula is C13H11BrN2O3S. The van der Waals surface area contributed by atoms with Gasteiger partial charge in [0.05, 0.1) is 22.7 Å². The first-order chi connectivity index (χ1) is 9.56. The molecule has 2 aromatic rings. The molecule has 2 N–H and O–H groups in total. The molecule has 0 bridgehead atoms. The minimum absolute atomic E-state index is 0.0891. The van der Waals surface area contributed by atoms with E-state index in [1.165, 1.54) is 0 Å². The number of carboxylic acid groups (broad SMARTS) is 1. The first kappa shape index (κ1) is 14.8. The third kappa shape index (κ3) is 3.94. The van der Waals surface area contributed by atoms with Gasteiger partial charge in [-0.15, -0.1) is 11.8 Å². The highest BCUT2D eigenvalue weighted by Crippen LogP contribution is 2.24. The average molecular weight is 355 g/mol. The molecule has 1 aromatic heterocycles. The van der Waals surface area contributed by atoms with E-state index in [1.807, 2.05) is 18.2 Å². The molecule has 0 spiro atoms. The quantitative estimate of drug-likeness (QED) is 0.862. The fourth-order valence-electron chi connectivity index (χ4n) is 1.65. The van der Waals surface area contributed by atoms with Crippen molar-refractivity contribution < 1.29 is 14.7 Å². The van der Waals surface area contributed by atoms with Gasteiger partial charge in [0, 0.05) is 16.1 Å². The van der Waals surface area contributed by atoms with Crippen LogP contribution in [0.1, 0.15) is 0 Å². The minimum atomic E-state index is -0.931. The second-order valence-electron chi connectivity index (χ2n) is 3.97. The van der Waals surface area contributed by atoms with Gasteiger partial charge in [-0.1, -0.05) is 12.1 Å². The molecule has 0 aliphatic heterocycles. The number of rotatable bonds is 5. The van der Waals surface area contributed by atoms with Gasteiger partial charge in [0.15, 0.2) is 0 Å². The van der Waals surface area contributed by atoms with Crippen LogP contribution in [0.4, 0.5) is 5.69 Å². The smallest absolute Gasteiger partial charge is 0.313 e. The van der Waals surface area contributed by atoms with Gasteiger partial charge in [0.2, 0.25) is 5.91 Å². The molecule has 5 nitrogen and oxygen atoms in total. The summed E-state index contributed by atoms with van der Waals surface area (Å²) in [6.45, 7) is 0. The van der Waals surface area contributed by atoms with Crippen LogP contribution in [0.2, 0.25) is 0 Å². The number of aromatic nitrogens is 1. The van der Waals surface area contributed by atoms with E-state index >= 15 is 0 Å². The Labute approximate surface area is 127 Å². The number of thioether (sulfide) groups is 1. The highest BCUT2D eigenvalue weighted by Gasteiger charge is 2.08. The van der Waals surface area contributed by atoms with Crippen molar-refractivity contribution in [2.24, 2.45) is 0 Å². The molecule has 0 unspecified atom stereocenters. The van der Waals surface area contributed by atoms with Crippen molar-refractivity contribution in [3.05, 3.63) is 34.9 Å². The van der Waals surface area contributed by atoms with Gasteiger partial charge in [-0.05, 0) is 28.1 Å². The molecule has 1 aromatic carbocycles. The van der Waals surface area contributed by atoms with Gasteiger partial charge >= 0.3 is 5.97 Å². The third-order valence-corrected chi connectivity index (χ3v) is 3.76. The summed E-state index contributed by atoms with van der Waals surface area (Å²) in [6, 6.07) is 7.42. The van der Waals surface area contributed by atoms with Crippen molar-refractivity contribution in [1.29, 1.82) is 0 Å². The maximum atomic E-state index is 11.7. The van der Waals surface area contributed by atoms with Crippen LogP contribution >= 0.6 is 27.7 Å². The zero-order chi connectivity index (χ0) is 14.5. The van der Waals surface area contributed by atoms with Gasteiger partial charge in [0.1, 0.15) is 0 Å². The van der Waals surface area contributed by atoms with Gasteiger partial charge in [0.25, 0.3) is 0 Å². The van der Waals surface area contributed by atoms with E-state index in [0.29, 0.717) is 11.2 Å². The predicted molar refractivity (Wildman–Crippen MR) is 83.0 cm³/mol. The van der Waals surface area contributed by atoms with Crippen molar-refractivity contribution in [1.82, 2.24) is 4.98 Å². The number of fused-ring (bicyclic) bond motifs is 1. The summed E-state index contributed by atoms with van der Waals surface area (Å²) in [5.41, 5.74) is 1.32. The van der Waals surface area contributed by atoms with Crippen LogP contribution in [0.5, 0.6) is 0 Å². The topological polar surface area (TPSA) is 79.3 Å². The van der Waals surface area contributed by atoms with Crippen LogP contribution in [0.25, 0.3) is 10.9 Å². The van der Waals surface area contributed by atoms with Crippen molar-refractivity contribution in [3.8, 4) is 0 Å². The van der Waals surface area contributed by atoms with Gasteiger partial charge in [-0.25, -0.2) is 0 Å². The number of hydrogen-bond acceptors (Lipinski definition) is 4. The van der Waals surface area contributed by atoms with E-state index < -0.39 is 5.97 Å². The van der Waals surface area contributed by atoms with Crippen molar-refractivity contribution >= 4 is 56.2 Å². The minimum Gasteiger partial charge on any atom is -0.481 e. The number of amides is 1. The standard InChI is InChI=1S/C13H11BrN2O3S/c14-9-4-8-2-1-3-10(13(8)15-5-9)16-11(17)6-20-7-12(18)19/h1-5H,6-7H2,(H,16,17)(H,18,19). The number of aliphatic carboxylic acids is 1. The van der Waals surface area contributed by atoms with Crippen LogP contribution in [0.3, 0.4) is 0 Å². The fraction of sp³-hybridized carbons (Fsp3) is 0.154. The Morgan fingerprint density at radius 3 is 2.90 bits per heavy atom. The van der Waals surface area contributed by atoms with E-state index in [0.717, 1.165) is 21.6 Å². The molecule has 1 amide bonds. The zero-order valence-electron chi connectivity index (χ0n) is 10.3. The Bertz CT molecular complexity index is 663. The molecule has 104 valence electrons. The van der Waals surface area contributed by atoms with Crippen LogP contribution in [0, 0.1) is 0 Å². The predicted octanol–water partition coefficient (Wildman–Crippen LogP) is 2.75. The number of para-hydroxylation sites is 1. The molecule has 0 radical (unpaired) electrons. The van der Waals surface area contributed by atoms with E-state index in [1.54, 1.807) is 12.3 Å². The van der Waals surface area contributed by atoms with Crippen LogP contribution in [0.15, 0.2) is 34.9 Å². The molecule has 0 saturated heterocycles. The number of benzene rings is 1. The Hall–Kier alpha value is -1.60. The summed E-state index contributed by atoms with van der Waals surface area (Å²) in [6.07, 6.45) is 1.66. The third-order valence-electron chi connectivity index (χ3n) is 2.41. The van der Waals surface area contributed by atoms with E-state index in [-0.39, 0.29) is 17.4 Å². The Balaban J connectivity index is 2.09. The number of carbonyl (C=O) groups excluding carboxylic acids is 1. The van der Waals surface area contributed by atoms with Crippen molar-refractivity contribution in [2.45, 2.75) is 0 Å². The molecular weight excluding hydrogens is 344 g/mol. The first-order valence-corrected chi connectivity index (χ1v) is 7.64. The molecule has 0 aliphatic carbocycles. The molecule has 7 heteroatoms. The van der Waals surface area contributed by atoms with Gasteiger partial charge < -0.3 is 10.4 Å². The summed E-state index contributed by atoms with van der Waals surface area (Å²) in [5.74, 6) is -1.17. The second kappa shape index (κ2) is 6.71. The molecule has 0 saturated carbocycles. The van der Waals surface area contributed by atoms with Crippen molar-refractivity contribution in [2.75, 3.05) is 16.8 Å². The zero-order valence-corrected chi connectivity index (χ0v) is 12.7. The Morgan fingerprint density at radius 1 is 1.35 bits per heavy atom. The monoisotopic (exact) mass is 354 g/mol. The lowest BCUT2D eigenvalue weighted by Crippen LogP contribution is -2.15. The lowest BCUT2D eigenvalue weighted by atomic mass is 10.2. The Kier molecular flexibility index (Phi) is 4.97. The Morgan fingerprint density at radius 2 is 2.15 bits per heavy atom. The van der Waals surface area contributed by atoms with E-state index in [9.17, 15) is 9.59 Å². The van der Waals surface area contributed by atoms with Crippen LogP contribution in [-0.2, 0) is 9.59 Å². The fourth-order valence-corrected chi connectivity index (χ4v) is 2.54. The number of anilines is 1. The normalized spacial score (nSPS) is 10.4. The SMILES string of the molecule is O=C(O)CSCC(=O)Nc1cccc2cc(Br)cnc12. The van der Waals surface area contributed by atoms with Gasteiger partial charge in [-0.2, -0.15) is 0 Å². The average Bonchev–Trinajstić information content (AvgIpc) is 2.38. The van der Waals surface area contributed by atoms with Crippen molar-refractivity contribution in [3.63, 3.8) is 0 Å². The number of nitrogens with one attached hydrogen (secondary N) is 1. The number of carboxylic acids is 1. The summed E-state index contributed by atoms with van der Waals surface area (Å²) in [7, 11) is 0. The summed E-state index contributed by atoms with van der Waals surface area (Å²) < 4.78 is 0.866. The number of halogens is 1. The van der Waals surface area contributed by atoms with Crippen LogP contribution < -0.4 is 5.32 Å². The lowest BCUT2D eigenvalue weighted by molar-refractivity contribution is -0.133. The molecule has 1 heterocycles. The number of pyridine rings is 1. The highest BCUT2D eigenvalue weighted by atomic mass is 79.9. The largest absolute Gasteiger partial charge is 0.481 e. The summed E-state index contributed by atoms with van der Waals surface area (Å²) in [5, 5.41) is 12.2.